The maximum Gasteiger partial charge on any atom is 0.0918 e. The molecule has 0 unspecified atom stereocenters. The number of aromatic nitrogens is 1. The molecule has 0 radical (unpaired) electrons. The van der Waals surface area contributed by atoms with Gasteiger partial charge in [0.2, 0.25) is 0 Å². The van der Waals surface area contributed by atoms with E-state index in [1.807, 2.05) is 0 Å². The van der Waals surface area contributed by atoms with Gasteiger partial charge >= 0.3 is 0 Å². The van der Waals surface area contributed by atoms with E-state index >= 15 is 0 Å². The van der Waals surface area contributed by atoms with Crippen molar-refractivity contribution < 1.29 is 10.4 Å². The summed E-state index contributed by atoms with van der Waals surface area (Å²) >= 11 is 0. The highest BCUT2D eigenvalue weighted by molar-refractivity contribution is 5.81. The number of nitrogens with zero attached hydrogens (tertiary/aromatic N) is 3. The third-order valence-electron chi connectivity index (χ3n) is 1.17. The van der Waals surface area contributed by atoms with Crippen LogP contribution in [0.2, 0.25) is 0 Å². The van der Waals surface area contributed by atoms with Crippen LogP contribution in [-0.4, -0.2) is 27.8 Å². The molecule has 1 aromatic heterocycles. The van der Waals surface area contributed by atoms with Gasteiger partial charge < -0.3 is 10.4 Å². The van der Waals surface area contributed by atoms with Crippen molar-refractivity contribution in [3.63, 3.8) is 0 Å². The average molecular weight is 165 g/mol. The first-order chi connectivity index (χ1) is 5.86. The summed E-state index contributed by atoms with van der Waals surface area (Å²) < 4.78 is 0. The van der Waals surface area contributed by atoms with Crippen LogP contribution in [0.25, 0.3) is 0 Å². The SMILES string of the molecule is ON=Cc1cccc(C=NO)n1. The van der Waals surface area contributed by atoms with Crippen LogP contribution in [0.4, 0.5) is 0 Å². The van der Waals surface area contributed by atoms with Crippen LogP contribution in [0.1, 0.15) is 11.4 Å². The van der Waals surface area contributed by atoms with E-state index in [1.165, 1.54) is 12.4 Å². The Morgan fingerprint density at radius 3 is 2.00 bits per heavy atom. The normalized spacial score (nSPS) is 11.3. The van der Waals surface area contributed by atoms with E-state index in [-0.39, 0.29) is 0 Å². The van der Waals surface area contributed by atoms with Gasteiger partial charge in [-0.1, -0.05) is 16.4 Å². The van der Waals surface area contributed by atoms with Gasteiger partial charge in [-0.05, 0) is 12.1 Å². The predicted octanol–water partition coefficient (Wildman–Crippen LogP) is 0.698. The van der Waals surface area contributed by atoms with Crippen LogP contribution in [0, 0.1) is 0 Å². The predicted molar refractivity (Wildman–Crippen MR) is 43.0 cm³/mol. The summed E-state index contributed by atoms with van der Waals surface area (Å²) in [5, 5.41) is 22.0. The Morgan fingerprint density at radius 1 is 1.08 bits per heavy atom. The van der Waals surface area contributed by atoms with Crippen molar-refractivity contribution in [2.45, 2.75) is 0 Å². The van der Waals surface area contributed by atoms with Crippen molar-refractivity contribution in [3.05, 3.63) is 29.6 Å². The van der Waals surface area contributed by atoms with E-state index in [1.54, 1.807) is 18.2 Å². The lowest BCUT2D eigenvalue weighted by molar-refractivity contribution is 0.321. The van der Waals surface area contributed by atoms with E-state index in [4.69, 9.17) is 10.4 Å². The minimum Gasteiger partial charge on any atom is -0.411 e. The van der Waals surface area contributed by atoms with Crippen LogP contribution in [0.5, 0.6) is 0 Å². The Hall–Kier alpha value is -1.91. The summed E-state index contributed by atoms with van der Waals surface area (Å²) in [6, 6.07) is 5.03. The molecule has 0 bridgehead atoms. The molecule has 0 aliphatic rings. The van der Waals surface area contributed by atoms with Crippen molar-refractivity contribution >= 4 is 12.4 Å². The van der Waals surface area contributed by atoms with E-state index in [9.17, 15) is 0 Å². The van der Waals surface area contributed by atoms with Crippen LogP contribution in [0.15, 0.2) is 28.5 Å². The van der Waals surface area contributed by atoms with Gasteiger partial charge in [-0.15, -0.1) is 0 Å². The van der Waals surface area contributed by atoms with Gasteiger partial charge in [0.25, 0.3) is 0 Å². The highest BCUT2D eigenvalue weighted by atomic mass is 16.4. The van der Waals surface area contributed by atoms with Crippen molar-refractivity contribution in [3.8, 4) is 0 Å². The standard InChI is InChI=1S/C7H7N3O2/c11-8-4-6-2-1-3-7(10-6)5-9-12/h1-5,11-12H. The molecular formula is C7H7N3O2. The number of hydrogen-bond donors (Lipinski definition) is 2. The molecule has 0 saturated heterocycles. The Morgan fingerprint density at radius 2 is 1.58 bits per heavy atom. The zero-order chi connectivity index (χ0) is 8.81. The number of rotatable bonds is 2. The maximum absolute atomic E-state index is 8.19. The summed E-state index contributed by atoms with van der Waals surface area (Å²) in [6.45, 7) is 0. The number of pyridine rings is 1. The average Bonchev–Trinajstić information content (AvgIpc) is 2.06. The maximum atomic E-state index is 8.19. The summed E-state index contributed by atoms with van der Waals surface area (Å²) in [5.41, 5.74) is 0.991. The molecule has 5 nitrogen and oxygen atoms in total. The lowest BCUT2D eigenvalue weighted by Gasteiger charge is -1.92. The Kier molecular flexibility index (Phi) is 2.78. The molecular weight excluding hydrogens is 158 g/mol. The fraction of sp³-hybridized carbons (Fsp3) is 0. The molecule has 62 valence electrons. The van der Waals surface area contributed by atoms with E-state index in [2.05, 4.69) is 15.3 Å². The van der Waals surface area contributed by atoms with Crippen molar-refractivity contribution in [2.24, 2.45) is 10.3 Å². The second-order valence-electron chi connectivity index (χ2n) is 1.98. The number of hydrogen-bond acceptors (Lipinski definition) is 5. The van der Waals surface area contributed by atoms with Gasteiger partial charge in [-0.25, -0.2) is 4.98 Å². The third-order valence-corrected chi connectivity index (χ3v) is 1.17. The molecule has 0 saturated carbocycles. The molecule has 1 heterocycles. The smallest absolute Gasteiger partial charge is 0.0918 e. The molecule has 12 heavy (non-hydrogen) atoms. The lowest BCUT2D eigenvalue weighted by Crippen LogP contribution is -1.92. The van der Waals surface area contributed by atoms with Crippen molar-refractivity contribution in [1.29, 1.82) is 0 Å². The quantitative estimate of drug-likeness (QED) is 0.384. The molecule has 0 spiro atoms. The highest BCUT2D eigenvalue weighted by Gasteiger charge is 1.91. The highest BCUT2D eigenvalue weighted by Crippen LogP contribution is 1.94. The van der Waals surface area contributed by atoms with Crippen LogP contribution in [-0.2, 0) is 0 Å². The fourth-order valence-electron chi connectivity index (χ4n) is 0.731. The van der Waals surface area contributed by atoms with Gasteiger partial charge in [0.15, 0.2) is 0 Å². The molecule has 0 aliphatic carbocycles. The van der Waals surface area contributed by atoms with Gasteiger partial charge in [0, 0.05) is 0 Å². The molecule has 5 heteroatoms. The zero-order valence-corrected chi connectivity index (χ0v) is 6.12. The molecule has 0 amide bonds. The van der Waals surface area contributed by atoms with E-state index < -0.39 is 0 Å². The fourth-order valence-corrected chi connectivity index (χ4v) is 0.731. The van der Waals surface area contributed by atoms with E-state index in [0.29, 0.717) is 11.4 Å². The first kappa shape index (κ1) is 8.19. The van der Waals surface area contributed by atoms with Crippen molar-refractivity contribution in [1.82, 2.24) is 4.98 Å². The van der Waals surface area contributed by atoms with E-state index in [0.717, 1.165) is 0 Å². The Labute approximate surface area is 68.7 Å². The zero-order valence-electron chi connectivity index (χ0n) is 6.12. The summed E-state index contributed by atoms with van der Waals surface area (Å²) in [6.07, 6.45) is 2.38. The number of oxime groups is 2. The largest absolute Gasteiger partial charge is 0.411 e. The van der Waals surface area contributed by atoms with Gasteiger partial charge in [-0.3, -0.25) is 0 Å². The molecule has 1 aromatic rings. The summed E-state index contributed by atoms with van der Waals surface area (Å²) in [5.74, 6) is 0. The molecule has 0 fully saturated rings. The minimum absolute atomic E-state index is 0.495. The lowest BCUT2D eigenvalue weighted by atomic mass is 10.3. The van der Waals surface area contributed by atoms with Crippen LogP contribution >= 0.6 is 0 Å². The van der Waals surface area contributed by atoms with Crippen LogP contribution < -0.4 is 0 Å². The summed E-state index contributed by atoms with van der Waals surface area (Å²) in [4.78, 5) is 3.93. The summed E-state index contributed by atoms with van der Waals surface area (Å²) in [7, 11) is 0. The van der Waals surface area contributed by atoms with Crippen LogP contribution in [0.3, 0.4) is 0 Å². The monoisotopic (exact) mass is 165 g/mol. The second kappa shape index (κ2) is 4.07. The molecule has 1 rings (SSSR count). The minimum atomic E-state index is 0.495. The first-order valence-electron chi connectivity index (χ1n) is 3.18. The topological polar surface area (TPSA) is 78.1 Å². The van der Waals surface area contributed by atoms with Gasteiger partial charge in [-0.2, -0.15) is 0 Å². The molecule has 0 aromatic carbocycles. The Balaban J connectivity index is 2.95. The molecule has 0 atom stereocenters. The van der Waals surface area contributed by atoms with Gasteiger partial charge in [0.05, 0.1) is 23.8 Å². The van der Waals surface area contributed by atoms with Gasteiger partial charge in [0.1, 0.15) is 0 Å². The first-order valence-corrected chi connectivity index (χ1v) is 3.18. The third kappa shape index (κ3) is 2.05. The van der Waals surface area contributed by atoms with Crippen molar-refractivity contribution in [2.75, 3.05) is 0 Å². The molecule has 0 aliphatic heterocycles. The molecule has 2 N–H and O–H groups in total. The second-order valence-corrected chi connectivity index (χ2v) is 1.98. The Bertz CT molecular complexity index is 282.